The number of aryl methyl sites for hydroxylation is 1. The van der Waals surface area contributed by atoms with Crippen LogP contribution in [0.5, 0.6) is 5.75 Å². The van der Waals surface area contributed by atoms with Crippen molar-refractivity contribution in [2.24, 2.45) is 0 Å². The second kappa shape index (κ2) is 7.09. The maximum Gasteiger partial charge on any atom is 0.119 e. The summed E-state index contributed by atoms with van der Waals surface area (Å²) in [5, 5.41) is 10.1. The molecule has 3 nitrogen and oxygen atoms in total. The Hall–Kier alpha value is -1.06. The minimum Gasteiger partial charge on any atom is -0.494 e. The van der Waals surface area contributed by atoms with E-state index in [0.717, 1.165) is 57.7 Å². The van der Waals surface area contributed by atoms with Crippen LogP contribution in [-0.4, -0.2) is 41.8 Å². The largest absolute Gasteiger partial charge is 0.494 e. The van der Waals surface area contributed by atoms with Crippen molar-refractivity contribution < 1.29 is 9.84 Å². The number of hydrogen-bond acceptors (Lipinski definition) is 3. The zero-order valence-corrected chi connectivity index (χ0v) is 12.8. The van der Waals surface area contributed by atoms with Gasteiger partial charge in [-0.3, -0.25) is 0 Å². The molecule has 1 aliphatic rings. The molecular formula is C17H27NO2. The summed E-state index contributed by atoms with van der Waals surface area (Å²) in [6.45, 7) is 7.95. The summed E-state index contributed by atoms with van der Waals surface area (Å²) in [4.78, 5) is 2.45. The van der Waals surface area contributed by atoms with Crippen LogP contribution >= 0.6 is 0 Å². The molecule has 2 rings (SSSR count). The molecule has 0 radical (unpaired) electrons. The van der Waals surface area contributed by atoms with E-state index in [4.69, 9.17) is 4.74 Å². The molecule has 0 aliphatic carbocycles. The molecule has 0 spiro atoms. The van der Waals surface area contributed by atoms with Gasteiger partial charge in [0.15, 0.2) is 0 Å². The average Bonchev–Trinajstić information content (AvgIpc) is 2.56. The minimum atomic E-state index is -0.465. The Bertz CT molecular complexity index is 417. The van der Waals surface area contributed by atoms with Crippen molar-refractivity contribution in [2.45, 2.75) is 45.1 Å². The van der Waals surface area contributed by atoms with Gasteiger partial charge >= 0.3 is 0 Å². The van der Waals surface area contributed by atoms with Crippen LogP contribution in [0.3, 0.4) is 0 Å². The third-order valence-electron chi connectivity index (χ3n) is 4.03. The number of nitrogens with zero attached hydrogens (tertiary/aromatic N) is 1. The van der Waals surface area contributed by atoms with Gasteiger partial charge in [-0.05, 0) is 63.8 Å². The second-order valence-electron chi connectivity index (χ2n) is 6.21. The molecule has 1 atom stereocenters. The van der Waals surface area contributed by atoms with Crippen LogP contribution in [0.25, 0.3) is 0 Å². The Kier molecular flexibility index (Phi) is 5.44. The van der Waals surface area contributed by atoms with Crippen molar-refractivity contribution in [1.82, 2.24) is 4.90 Å². The summed E-state index contributed by atoms with van der Waals surface area (Å²) in [7, 11) is 0. The van der Waals surface area contributed by atoms with E-state index in [1.807, 2.05) is 19.1 Å². The predicted octanol–water partition coefficient (Wildman–Crippen LogP) is 3.00. The first-order valence-corrected chi connectivity index (χ1v) is 7.69. The first-order chi connectivity index (χ1) is 9.55. The number of benzene rings is 1. The lowest BCUT2D eigenvalue weighted by Crippen LogP contribution is -2.29. The fourth-order valence-corrected chi connectivity index (χ4v) is 2.73. The Morgan fingerprint density at radius 2 is 2.15 bits per heavy atom. The molecule has 1 heterocycles. The highest BCUT2D eigenvalue weighted by atomic mass is 16.5. The molecule has 1 N–H and O–H groups in total. The van der Waals surface area contributed by atoms with E-state index in [9.17, 15) is 5.11 Å². The van der Waals surface area contributed by atoms with Gasteiger partial charge in [0, 0.05) is 13.1 Å². The fourth-order valence-electron chi connectivity index (χ4n) is 2.73. The predicted molar refractivity (Wildman–Crippen MR) is 82.2 cm³/mol. The summed E-state index contributed by atoms with van der Waals surface area (Å²) in [5.41, 5.74) is 0.768. The Balaban J connectivity index is 1.66. The van der Waals surface area contributed by atoms with E-state index < -0.39 is 5.60 Å². The molecule has 0 saturated carbocycles. The number of hydrogen-bond donors (Lipinski definition) is 1. The molecule has 1 aromatic carbocycles. The summed E-state index contributed by atoms with van der Waals surface area (Å²) in [5.74, 6) is 0.962. The number of rotatable bonds is 5. The van der Waals surface area contributed by atoms with Gasteiger partial charge < -0.3 is 14.7 Å². The maximum atomic E-state index is 10.1. The third-order valence-corrected chi connectivity index (χ3v) is 4.03. The molecule has 1 fully saturated rings. The molecule has 1 aromatic rings. The van der Waals surface area contributed by atoms with Crippen molar-refractivity contribution in [1.29, 1.82) is 0 Å². The van der Waals surface area contributed by atoms with Crippen molar-refractivity contribution >= 4 is 0 Å². The monoisotopic (exact) mass is 277 g/mol. The van der Waals surface area contributed by atoms with Gasteiger partial charge in [0.25, 0.3) is 0 Å². The maximum absolute atomic E-state index is 10.1. The van der Waals surface area contributed by atoms with Crippen LogP contribution in [0.2, 0.25) is 0 Å². The minimum absolute atomic E-state index is 0.465. The van der Waals surface area contributed by atoms with Crippen LogP contribution in [0.4, 0.5) is 0 Å². The van der Waals surface area contributed by atoms with Gasteiger partial charge in [-0.25, -0.2) is 0 Å². The topological polar surface area (TPSA) is 32.7 Å². The third kappa shape index (κ3) is 5.14. The van der Waals surface area contributed by atoms with Crippen molar-refractivity contribution in [3.8, 4) is 5.75 Å². The van der Waals surface area contributed by atoms with Crippen molar-refractivity contribution in [3.63, 3.8) is 0 Å². The molecule has 1 unspecified atom stereocenters. The van der Waals surface area contributed by atoms with E-state index in [0.29, 0.717) is 0 Å². The van der Waals surface area contributed by atoms with E-state index >= 15 is 0 Å². The first-order valence-electron chi connectivity index (χ1n) is 7.69. The van der Waals surface area contributed by atoms with Crippen LogP contribution in [0.1, 0.15) is 38.2 Å². The van der Waals surface area contributed by atoms with Crippen molar-refractivity contribution in [3.05, 3.63) is 29.8 Å². The molecule has 1 aliphatic heterocycles. The molecule has 0 amide bonds. The molecule has 0 bridgehead atoms. The molecule has 112 valence electrons. The molecular weight excluding hydrogens is 250 g/mol. The summed E-state index contributed by atoms with van der Waals surface area (Å²) in [6, 6.07) is 8.19. The standard InChI is InChI=1S/C17H27NO2/c1-15-6-3-7-16(14-15)20-13-5-11-18-10-4-8-17(2,19)9-12-18/h3,6-7,14,19H,4-5,8-13H2,1-2H3. The summed E-state index contributed by atoms with van der Waals surface area (Å²) in [6.07, 6.45) is 3.93. The SMILES string of the molecule is Cc1cccc(OCCCN2CCCC(C)(O)CC2)c1. The zero-order valence-electron chi connectivity index (χ0n) is 12.8. The highest BCUT2D eigenvalue weighted by Crippen LogP contribution is 2.21. The quantitative estimate of drug-likeness (QED) is 0.840. The Labute approximate surface area is 122 Å². The molecule has 20 heavy (non-hydrogen) atoms. The van der Waals surface area contributed by atoms with Gasteiger partial charge in [-0.15, -0.1) is 0 Å². The Morgan fingerprint density at radius 1 is 1.30 bits per heavy atom. The van der Waals surface area contributed by atoms with E-state index in [2.05, 4.69) is 24.0 Å². The van der Waals surface area contributed by atoms with Crippen LogP contribution < -0.4 is 4.74 Å². The lowest BCUT2D eigenvalue weighted by molar-refractivity contribution is 0.0445. The fraction of sp³-hybridized carbons (Fsp3) is 0.647. The molecule has 1 saturated heterocycles. The van der Waals surface area contributed by atoms with E-state index in [-0.39, 0.29) is 0 Å². The highest BCUT2D eigenvalue weighted by Gasteiger charge is 2.24. The highest BCUT2D eigenvalue weighted by molar-refractivity contribution is 5.27. The number of likely N-dealkylation sites (tertiary alicyclic amines) is 1. The first kappa shape index (κ1) is 15.3. The Morgan fingerprint density at radius 3 is 2.95 bits per heavy atom. The molecule has 3 heteroatoms. The van der Waals surface area contributed by atoms with Gasteiger partial charge in [0.2, 0.25) is 0 Å². The van der Waals surface area contributed by atoms with E-state index in [1.165, 1.54) is 5.56 Å². The smallest absolute Gasteiger partial charge is 0.119 e. The summed E-state index contributed by atoms with van der Waals surface area (Å²) < 4.78 is 5.77. The summed E-state index contributed by atoms with van der Waals surface area (Å²) >= 11 is 0. The lowest BCUT2D eigenvalue weighted by Gasteiger charge is -2.22. The van der Waals surface area contributed by atoms with Gasteiger partial charge in [0.1, 0.15) is 5.75 Å². The van der Waals surface area contributed by atoms with Crippen molar-refractivity contribution in [2.75, 3.05) is 26.2 Å². The number of ether oxygens (including phenoxy) is 1. The lowest BCUT2D eigenvalue weighted by atomic mass is 9.98. The zero-order chi connectivity index (χ0) is 14.4. The van der Waals surface area contributed by atoms with Gasteiger partial charge in [-0.1, -0.05) is 12.1 Å². The molecule has 0 aromatic heterocycles. The second-order valence-corrected chi connectivity index (χ2v) is 6.21. The average molecular weight is 277 g/mol. The van der Waals surface area contributed by atoms with Gasteiger partial charge in [0.05, 0.1) is 12.2 Å². The normalized spacial score (nSPS) is 24.4. The van der Waals surface area contributed by atoms with Crippen LogP contribution in [0, 0.1) is 6.92 Å². The van der Waals surface area contributed by atoms with Crippen LogP contribution in [0.15, 0.2) is 24.3 Å². The van der Waals surface area contributed by atoms with E-state index in [1.54, 1.807) is 0 Å². The van der Waals surface area contributed by atoms with Crippen LogP contribution in [-0.2, 0) is 0 Å². The van der Waals surface area contributed by atoms with Gasteiger partial charge in [-0.2, -0.15) is 0 Å². The number of aliphatic hydroxyl groups is 1.